The van der Waals surface area contributed by atoms with Crippen molar-refractivity contribution in [2.45, 2.75) is 71.0 Å². The van der Waals surface area contributed by atoms with E-state index < -0.39 is 15.6 Å². The second-order valence-corrected chi connectivity index (χ2v) is 7.28. The normalized spacial score (nSPS) is 12.8. The molecule has 1 aromatic heterocycles. The Morgan fingerprint density at radius 2 is 1.86 bits per heavy atom. The molecule has 0 amide bonds. The van der Waals surface area contributed by atoms with Gasteiger partial charge in [0.05, 0.1) is 0 Å². The van der Waals surface area contributed by atoms with E-state index in [0.717, 1.165) is 31.5 Å². The maximum Gasteiger partial charge on any atom is 0.260 e. The van der Waals surface area contributed by atoms with Crippen molar-refractivity contribution in [1.82, 2.24) is 20.2 Å². The first-order valence-corrected chi connectivity index (χ1v) is 9.06. The maximum absolute atomic E-state index is 12.6. The van der Waals surface area contributed by atoms with Crippen LogP contribution < -0.4 is 10.0 Å². The highest BCUT2D eigenvalue weighted by molar-refractivity contribution is 7.89. The van der Waals surface area contributed by atoms with Gasteiger partial charge in [-0.05, 0) is 39.7 Å². The molecule has 1 aromatic rings. The summed E-state index contributed by atoms with van der Waals surface area (Å²) in [5, 5.41) is 10.1. The SMILES string of the molecule is CCCNCc1c(S(=O)(=O)NC(C)(CC)CC)n[nH]c1C. The first-order chi connectivity index (χ1) is 9.79. The molecule has 6 nitrogen and oxygen atoms in total. The molecule has 21 heavy (non-hydrogen) atoms. The van der Waals surface area contributed by atoms with Crippen LogP contribution in [0, 0.1) is 6.92 Å². The average Bonchev–Trinajstić information content (AvgIpc) is 2.81. The molecule has 0 aliphatic carbocycles. The second kappa shape index (κ2) is 7.38. The molecule has 1 rings (SSSR count). The number of aromatic amines is 1. The van der Waals surface area contributed by atoms with Crippen LogP contribution in [0.1, 0.15) is 58.2 Å². The number of sulfonamides is 1. The van der Waals surface area contributed by atoms with Crippen LogP contribution in [0.15, 0.2) is 5.03 Å². The van der Waals surface area contributed by atoms with Gasteiger partial charge in [-0.3, -0.25) is 5.10 Å². The van der Waals surface area contributed by atoms with Gasteiger partial charge in [0.2, 0.25) is 0 Å². The minimum absolute atomic E-state index is 0.108. The topological polar surface area (TPSA) is 86.9 Å². The number of nitrogens with one attached hydrogen (secondary N) is 3. The fourth-order valence-electron chi connectivity index (χ4n) is 2.02. The molecule has 0 saturated carbocycles. The fraction of sp³-hybridized carbons (Fsp3) is 0.786. The Kier molecular flexibility index (Phi) is 6.37. The molecule has 0 radical (unpaired) electrons. The number of nitrogens with zero attached hydrogens (tertiary/aromatic N) is 1. The first kappa shape index (κ1) is 18.1. The highest BCUT2D eigenvalue weighted by Gasteiger charge is 2.31. The summed E-state index contributed by atoms with van der Waals surface area (Å²) < 4.78 is 28.0. The highest BCUT2D eigenvalue weighted by atomic mass is 32.2. The number of hydrogen-bond donors (Lipinski definition) is 3. The molecule has 0 bridgehead atoms. The zero-order valence-electron chi connectivity index (χ0n) is 13.7. The lowest BCUT2D eigenvalue weighted by Gasteiger charge is -2.27. The van der Waals surface area contributed by atoms with Crippen molar-refractivity contribution >= 4 is 10.0 Å². The van der Waals surface area contributed by atoms with Crippen molar-refractivity contribution in [3.05, 3.63) is 11.3 Å². The third-order valence-electron chi connectivity index (χ3n) is 3.96. The van der Waals surface area contributed by atoms with E-state index in [2.05, 4.69) is 27.2 Å². The number of aromatic nitrogens is 2. The van der Waals surface area contributed by atoms with Gasteiger partial charge in [0.15, 0.2) is 5.03 Å². The molecule has 0 aliphatic rings. The van der Waals surface area contributed by atoms with Crippen LogP contribution in [-0.2, 0) is 16.6 Å². The van der Waals surface area contributed by atoms with Crippen LogP contribution in [-0.4, -0.2) is 30.7 Å². The van der Waals surface area contributed by atoms with E-state index in [4.69, 9.17) is 0 Å². The maximum atomic E-state index is 12.6. The lowest BCUT2D eigenvalue weighted by Crippen LogP contribution is -2.45. The van der Waals surface area contributed by atoms with Gasteiger partial charge in [0.25, 0.3) is 10.0 Å². The molecule has 0 saturated heterocycles. The van der Waals surface area contributed by atoms with Gasteiger partial charge < -0.3 is 5.32 Å². The van der Waals surface area contributed by atoms with E-state index >= 15 is 0 Å². The Morgan fingerprint density at radius 1 is 1.24 bits per heavy atom. The molecule has 0 unspecified atom stereocenters. The molecule has 3 N–H and O–H groups in total. The Balaban J connectivity index is 3.03. The van der Waals surface area contributed by atoms with Gasteiger partial charge in [-0.15, -0.1) is 0 Å². The highest BCUT2D eigenvalue weighted by Crippen LogP contribution is 2.21. The largest absolute Gasteiger partial charge is 0.313 e. The van der Waals surface area contributed by atoms with Gasteiger partial charge in [-0.25, -0.2) is 13.1 Å². The molecule has 0 atom stereocenters. The Labute approximate surface area is 128 Å². The van der Waals surface area contributed by atoms with Gasteiger partial charge in [0, 0.05) is 23.3 Å². The lowest BCUT2D eigenvalue weighted by molar-refractivity contribution is 0.388. The average molecular weight is 316 g/mol. The van der Waals surface area contributed by atoms with Crippen LogP contribution in [0.25, 0.3) is 0 Å². The Hall–Kier alpha value is -0.920. The van der Waals surface area contributed by atoms with E-state index in [1.165, 1.54) is 0 Å². The monoisotopic (exact) mass is 316 g/mol. The van der Waals surface area contributed by atoms with Gasteiger partial charge in [-0.1, -0.05) is 20.8 Å². The molecule has 0 aliphatic heterocycles. The van der Waals surface area contributed by atoms with Crippen molar-refractivity contribution in [2.75, 3.05) is 6.54 Å². The van der Waals surface area contributed by atoms with Crippen LogP contribution in [0.2, 0.25) is 0 Å². The van der Waals surface area contributed by atoms with Crippen molar-refractivity contribution in [1.29, 1.82) is 0 Å². The molecule has 0 spiro atoms. The number of rotatable bonds is 9. The van der Waals surface area contributed by atoms with Crippen LogP contribution >= 0.6 is 0 Å². The van der Waals surface area contributed by atoms with E-state index in [9.17, 15) is 8.42 Å². The third kappa shape index (κ3) is 4.52. The third-order valence-corrected chi connectivity index (χ3v) is 5.57. The number of aryl methyl sites for hydroxylation is 1. The fourth-order valence-corrected chi connectivity index (χ4v) is 3.77. The number of hydrogen-bond acceptors (Lipinski definition) is 4. The van der Waals surface area contributed by atoms with E-state index in [-0.39, 0.29) is 5.03 Å². The first-order valence-electron chi connectivity index (χ1n) is 7.58. The summed E-state index contributed by atoms with van der Waals surface area (Å²) in [6.07, 6.45) is 2.46. The smallest absolute Gasteiger partial charge is 0.260 e. The van der Waals surface area contributed by atoms with E-state index in [0.29, 0.717) is 12.1 Å². The quantitative estimate of drug-likeness (QED) is 0.609. The summed E-state index contributed by atoms with van der Waals surface area (Å²) in [5.74, 6) is 0. The summed E-state index contributed by atoms with van der Waals surface area (Å²) in [4.78, 5) is 0. The zero-order chi connectivity index (χ0) is 16.1. The van der Waals surface area contributed by atoms with Crippen molar-refractivity contribution < 1.29 is 8.42 Å². The zero-order valence-corrected chi connectivity index (χ0v) is 14.5. The van der Waals surface area contributed by atoms with Gasteiger partial charge in [-0.2, -0.15) is 5.10 Å². The summed E-state index contributed by atoms with van der Waals surface area (Å²) >= 11 is 0. The van der Waals surface area contributed by atoms with Gasteiger partial charge >= 0.3 is 0 Å². The molecular formula is C14H28N4O2S. The minimum atomic E-state index is -3.62. The molecule has 122 valence electrons. The van der Waals surface area contributed by atoms with Gasteiger partial charge in [0.1, 0.15) is 0 Å². The summed E-state index contributed by atoms with van der Waals surface area (Å²) in [6.45, 7) is 11.1. The van der Waals surface area contributed by atoms with Crippen molar-refractivity contribution in [2.24, 2.45) is 0 Å². The van der Waals surface area contributed by atoms with E-state index in [1.54, 1.807) is 0 Å². The summed E-state index contributed by atoms with van der Waals surface area (Å²) in [7, 11) is -3.62. The summed E-state index contributed by atoms with van der Waals surface area (Å²) in [5.41, 5.74) is 1.05. The Bertz CT molecular complexity index is 547. The number of H-pyrrole nitrogens is 1. The van der Waals surface area contributed by atoms with Crippen molar-refractivity contribution in [3.63, 3.8) is 0 Å². The van der Waals surface area contributed by atoms with Crippen LogP contribution in [0.5, 0.6) is 0 Å². The molecular weight excluding hydrogens is 288 g/mol. The predicted octanol–water partition coefficient (Wildman–Crippen LogP) is 2.07. The molecule has 0 fully saturated rings. The molecule has 0 aromatic carbocycles. The van der Waals surface area contributed by atoms with E-state index in [1.807, 2.05) is 27.7 Å². The molecule has 1 heterocycles. The van der Waals surface area contributed by atoms with Crippen molar-refractivity contribution in [3.8, 4) is 0 Å². The van der Waals surface area contributed by atoms with Crippen LogP contribution in [0.3, 0.4) is 0 Å². The summed E-state index contributed by atoms with van der Waals surface area (Å²) in [6, 6.07) is 0. The minimum Gasteiger partial charge on any atom is -0.313 e. The Morgan fingerprint density at radius 3 is 2.38 bits per heavy atom. The predicted molar refractivity (Wildman–Crippen MR) is 84.6 cm³/mol. The second-order valence-electron chi connectivity index (χ2n) is 5.68. The standard InChI is InChI=1S/C14H28N4O2S/c1-6-9-15-10-12-11(4)16-17-13(12)21(19,20)18-14(5,7-2)8-3/h15,18H,6-10H2,1-5H3,(H,16,17). The van der Waals surface area contributed by atoms with Crippen LogP contribution in [0.4, 0.5) is 0 Å². The molecule has 7 heteroatoms. The lowest BCUT2D eigenvalue weighted by atomic mass is 9.98.